The minimum Gasteiger partial charge on any atom is -0.388 e. The van der Waals surface area contributed by atoms with Crippen molar-refractivity contribution in [2.75, 3.05) is 0 Å². The van der Waals surface area contributed by atoms with E-state index in [1.165, 1.54) is 5.69 Å². The van der Waals surface area contributed by atoms with Gasteiger partial charge in [-0.05, 0) is 44.4 Å². The Morgan fingerprint density at radius 1 is 1.47 bits per heavy atom. The molecule has 1 aliphatic rings. The first-order valence-corrected chi connectivity index (χ1v) is 5.94. The summed E-state index contributed by atoms with van der Waals surface area (Å²) in [4.78, 5) is 0. The Bertz CT molecular complexity index is 533. The number of nitrogens with zero attached hydrogens (tertiary/aromatic N) is 3. The molecule has 0 fully saturated rings. The van der Waals surface area contributed by atoms with E-state index >= 15 is 0 Å². The summed E-state index contributed by atoms with van der Waals surface area (Å²) in [5.41, 5.74) is 3.35. The monoisotopic (exact) mass is 229 g/mol. The minimum absolute atomic E-state index is 0.324. The predicted molar refractivity (Wildman–Crippen MR) is 64.0 cm³/mol. The van der Waals surface area contributed by atoms with Crippen LogP contribution in [0, 0.1) is 6.92 Å². The van der Waals surface area contributed by atoms with E-state index < -0.39 is 0 Å². The van der Waals surface area contributed by atoms with Gasteiger partial charge in [0, 0.05) is 23.1 Å². The molecule has 4 nitrogen and oxygen atoms in total. The van der Waals surface area contributed by atoms with Crippen LogP contribution in [-0.2, 0) is 6.42 Å². The van der Waals surface area contributed by atoms with Crippen LogP contribution in [0.15, 0.2) is 24.4 Å². The first-order chi connectivity index (χ1) is 8.27. The maximum atomic E-state index is 10.00. The molecule has 1 unspecified atom stereocenters. The maximum absolute atomic E-state index is 10.00. The molecule has 0 amide bonds. The zero-order valence-corrected chi connectivity index (χ0v) is 9.80. The number of hydrogen-bond acceptors (Lipinski definition) is 3. The van der Waals surface area contributed by atoms with E-state index in [4.69, 9.17) is 0 Å². The quantitative estimate of drug-likeness (QED) is 0.813. The molecular formula is C13H15N3O. The summed E-state index contributed by atoms with van der Waals surface area (Å²) in [6.07, 6.45) is 4.23. The number of hydrogen-bond donors (Lipinski definition) is 1. The average Bonchev–Trinajstić information content (AvgIpc) is 2.68. The lowest BCUT2D eigenvalue weighted by atomic mass is 9.95. The highest BCUT2D eigenvalue weighted by molar-refractivity contribution is 5.39. The molecule has 1 atom stereocenters. The summed E-state index contributed by atoms with van der Waals surface area (Å²) in [5, 5.41) is 18.1. The molecule has 3 rings (SSSR count). The molecule has 2 heterocycles. The third-order valence-electron chi connectivity index (χ3n) is 3.36. The van der Waals surface area contributed by atoms with Crippen molar-refractivity contribution < 1.29 is 5.11 Å². The van der Waals surface area contributed by atoms with E-state index in [0.717, 1.165) is 36.3 Å². The van der Waals surface area contributed by atoms with E-state index in [1.807, 2.05) is 19.1 Å². The summed E-state index contributed by atoms with van der Waals surface area (Å²) in [5.74, 6) is 0.834. The Kier molecular flexibility index (Phi) is 2.44. The van der Waals surface area contributed by atoms with E-state index in [0.29, 0.717) is 0 Å². The van der Waals surface area contributed by atoms with Crippen LogP contribution in [0.3, 0.4) is 0 Å². The molecule has 88 valence electrons. The second kappa shape index (κ2) is 3.96. The van der Waals surface area contributed by atoms with Gasteiger partial charge in [0.1, 0.15) is 0 Å². The van der Waals surface area contributed by atoms with Crippen molar-refractivity contribution >= 4 is 0 Å². The van der Waals surface area contributed by atoms with Gasteiger partial charge in [-0.1, -0.05) is 0 Å². The SMILES string of the molecule is Cc1cc2c(n1-c1cccnn1)CCCC2O. The highest BCUT2D eigenvalue weighted by Gasteiger charge is 2.23. The number of fused-ring (bicyclic) bond motifs is 1. The summed E-state index contributed by atoms with van der Waals surface area (Å²) in [6.45, 7) is 2.04. The van der Waals surface area contributed by atoms with Crippen molar-refractivity contribution in [3.63, 3.8) is 0 Å². The molecule has 0 aromatic carbocycles. The molecule has 4 heteroatoms. The molecule has 0 saturated heterocycles. The average molecular weight is 229 g/mol. The largest absolute Gasteiger partial charge is 0.388 e. The molecule has 1 N–H and O–H groups in total. The van der Waals surface area contributed by atoms with Crippen molar-refractivity contribution in [3.05, 3.63) is 41.3 Å². The Labute approximate surface area is 99.9 Å². The zero-order valence-electron chi connectivity index (χ0n) is 9.80. The van der Waals surface area contributed by atoms with Crippen LogP contribution in [0.25, 0.3) is 5.82 Å². The van der Waals surface area contributed by atoms with Gasteiger partial charge in [0.05, 0.1) is 6.10 Å². The van der Waals surface area contributed by atoms with Gasteiger partial charge < -0.3 is 9.67 Å². The summed E-state index contributed by atoms with van der Waals surface area (Å²) in [6, 6.07) is 5.89. The van der Waals surface area contributed by atoms with Crippen LogP contribution in [-0.4, -0.2) is 19.9 Å². The predicted octanol–water partition coefficient (Wildman–Crippen LogP) is 1.95. The third kappa shape index (κ3) is 1.65. The Morgan fingerprint density at radius 3 is 3.12 bits per heavy atom. The van der Waals surface area contributed by atoms with Crippen LogP contribution in [0.5, 0.6) is 0 Å². The standard InChI is InChI=1S/C13H15N3O/c1-9-8-10-11(4-2-5-12(10)17)16(9)13-6-3-7-14-15-13/h3,6-8,12,17H,2,4-5H2,1H3. The number of aromatic nitrogens is 3. The van der Waals surface area contributed by atoms with E-state index in [-0.39, 0.29) is 6.10 Å². The summed E-state index contributed by atoms with van der Waals surface area (Å²) < 4.78 is 2.10. The smallest absolute Gasteiger partial charge is 0.159 e. The van der Waals surface area contributed by atoms with E-state index in [2.05, 4.69) is 20.8 Å². The van der Waals surface area contributed by atoms with Gasteiger partial charge in [-0.15, -0.1) is 5.10 Å². The Hall–Kier alpha value is -1.68. The summed E-state index contributed by atoms with van der Waals surface area (Å²) in [7, 11) is 0. The molecule has 0 bridgehead atoms. The van der Waals surface area contributed by atoms with Crippen LogP contribution in [0.2, 0.25) is 0 Å². The van der Waals surface area contributed by atoms with Crippen molar-refractivity contribution in [1.82, 2.24) is 14.8 Å². The van der Waals surface area contributed by atoms with Gasteiger partial charge in [0.2, 0.25) is 0 Å². The van der Waals surface area contributed by atoms with Crippen LogP contribution < -0.4 is 0 Å². The Balaban J connectivity index is 2.18. The molecule has 17 heavy (non-hydrogen) atoms. The molecular weight excluding hydrogens is 214 g/mol. The highest BCUT2D eigenvalue weighted by atomic mass is 16.3. The van der Waals surface area contributed by atoms with Crippen LogP contribution >= 0.6 is 0 Å². The van der Waals surface area contributed by atoms with Gasteiger partial charge in [0.25, 0.3) is 0 Å². The van der Waals surface area contributed by atoms with Crippen LogP contribution in [0.1, 0.15) is 35.9 Å². The van der Waals surface area contributed by atoms with Gasteiger partial charge in [-0.25, -0.2) is 0 Å². The number of rotatable bonds is 1. The lowest BCUT2D eigenvalue weighted by Crippen LogP contribution is -2.12. The topological polar surface area (TPSA) is 50.9 Å². The first kappa shape index (κ1) is 10.5. The zero-order chi connectivity index (χ0) is 11.8. The van der Waals surface area contributed by atoms with E-state index in [1.54, 1.807) is 6.20 Å². The van der Waals surface area contributed by atoms with Crippen molar-refractivity contribution in [2.45, 2.75) is 32.3 Å². The second-order valence-corrected chi connectivity index (χ2v) is 4.51. The lowest BCUT2D eigenvalue weighted by molar-refractivity contribution is 0.156. The summed E-state index contributed by atoms with van der Waals surface area (Å²) >= 11 is 0. The van der Waals surface area contributed by atoms with Gasteiger partial charge >= 0.3 is 0 Å². The first-order valence-electron chi connectivity index (χ1n) is 5.94. The molecule has 1 aliphatic carbocycles. The number of aliphatic hydroxyl groups is 1. The fourth-order valence-electron chi connectivity index (χ4n) is 2.61. The van der Waals surface area contributed by atoms with Crippen LogP contribution in [0.4, 0.5) is 0 Å². The van der Waals surface area contributed by atoms with Gasteiger partial charge in [0.15, 0.2) is 5.82 Å². The lowest BCUT2D eigenvalue weighted by Gasteiger charge is -2.19. The maximum Gasteiger partial charge on any atom is 0.159 e. The fourth-order valence-corrected chi connectivity index (χ4v) is 2.61. The minimum atomic E-state index is -0.324. The molecule has 2 aromatic rings. The van der Waals surface area contributed by atoms with Gasteiger partial charge in [-0.2, -0.15) is 5.10 Å². The normalized spacial score (nSPS) is 19.1. The fraction of sp³-hybridized carbons (Fsp3) is 0.385. The van der Waals surface area contributed by atoms with Crippen molar-refractivity contribution in [3.8, 4) is 5.82 Å². The van der Waals surface area contributed by atoms with Gasteiger partial charge in [-0.3, -0.25) is 0 Å². The third-order valence-corrected chi connectivity index (χ3v) is 3.36. The molecule has 0 saturated carbocycles. The molecule has 0 aliphatic heterocycles. The van der Waals surface area contributed by atoms with Crippen molar-refractivity contribution in [1.29, 1.82) is 0 Å². The number of aliphatic hydroxyl groups excluding tert-OH is 1. The molecule has 0 radical (unpaired) electrons. The van der Waals surface area contributed by atoms with E-state index in [9.17, 15) is 5.11 Å². The Morgan fingerprint density at radius 2 is 2.35 bits per heavy atom. The highest BCUT2D eigenvalue weighted by Crippen LogP contribution is 2.33. The molecule has 2 aromatic heterocycles. The van der Waals surface area contributed by atoms with Crippen molar-refractivity contribution in [2.24, 2.45) is 0 Å². The number of aryl methyl sites for hydroxylation is 1. The molecule has 0 spiro atoms. The second-order valence-electron chi connectivity index (χ2n) is 4.51.